The molecule has 2 nitrogen and oxygen atoms in total. The summed E-state index contributed by atoms with van der Waals surface area (Å²) in [6.07, 6.45) is 8.45. The Morgan fingerprint density at radius 3 is 2.31 bits per heavy atom. The summed E-state index contributed by atoms with van der Waals surface area (Å²) in [6.45, 7) is 5.69. The van der Waals surface area contributed by atoms with Gasteiger partial charge in [0, 0.05) is 18.1 Å². The van der Waals surface area contributed by atoms with Gasteiger partial charge in [-0.1, -0.05) is 20.3 Å². The van der Waals surface area contributed by atoms with Crippen LogP contribution in [0.15, 0.2) is 0 Å². The molecule has 0 amide bonds. The van der Waals surface area contributed by atoms with Crippen LogP contribution in [0, 0.1) is 5.92 Å². The second-order valence-corrected chi connectivity index (χ2v) is 5.73. The van der Waals surface area contributed by atoms with Gasteiger partial charge in [0.25, 0.3) is 0 Å². The molecule has 0 aromatic rings. The number of hydrogen-bond donors (Lipinski definition) is 1. The number of piperidine rings is 1. The van der Waals surface area contributed by atoms with E-state index in [-0.39, 0.29) is 0 Å². The lowest BCUT2D eigenvalue weighted by atomic mass is 9.83. The van der Waals surface area contributed by atoms with Crippen LogP contribution in [0.5, 0.6) is 0 Å². The summed E-state index contributed by atoms with van der Waals surface area (Å²) < 4.78 is 0. The summed E-state index contributed by atoms with van der Waals surface area (Å²) in [4.78, 5) is 2.64. The highest BCUT2D eigenvalue weighted by molar-refractivity contribution is 4.96. The number of hydrogen-bond acceptors (Lipinski definition) is 2. The molecular formula is C14H28N2. The molecule has 2 rings (SSSR count). The third-order valence-corrected chi connectivity index (χ3v) is 4.77. The van der Waals surface area contributed by atoms with E-state index in [1.165, 1.54) is 38.5 Å². The van der Waals surface area contributed by atoms with Crippen molar-refractivity contribution in [3.63, 3.8) is 0 Å². The van der Waals surface area contributed by atoms with Crippen molar-refractivity contribution in [1.82, 2.24) is 10.2 Å². The van der Waals surface area contributed by atoms with E-state index in [1.54, 1.807) is 0 Å². The van der Waals surface area contributed by atoms with E-state index in [4.69, 9.17) is 0 Å². The van der Waals surface area contributed by atoms with E-state index >= 15 is 0 Å². The van der Waals surface area contributed by atoms with Crippen LogP contribution >= 0.6 is 0 Å². The molecule has 0 spiro atoms. The second kappa shape index (κ2) is 5.50. The van der Waals surface area contributed by atoms with E-state index in [1.807, 2.05) is 0 Å². The zero-order valence-corrected chi connectivity index (χ0v) is 11.2. The largest absolute Gasteiger partial charge is 0.314 e. The monoisotopic (exact) mass is 224 g/mol. The molecule has 2 heterocycles. The summed E-state index contributed by atoms with van der Waals surface area (Å²) in [5.41, 5.74) is 0. The van der Waals surface area contributed by atoms with Crippen molar-refractivity contribution in [2.45, 2.75) is 70.5 Å². The standard InChI is InChI=1S/C14H28N2/c1-4-6-14(15-5-2)11-9-12-7-8-13(10-11)16(12)3/h11-15H,4-10H2,1-3H3. The first-order valence-electron chi connectivity index (χ1n) is 7.21. The Hall–Kier alpha value is -0.0800. The molecule has 0 saturated carbocycles. The number of nitrogens with one attached hydrogen (secondary N) is 1. The molecule has 16 heavy (non-hydrogen) atoms. The molecule has 2 saturated heterocycles. The molecule has 2 aliphatic heterocycles. The van der Waals surface area contributed by atoms with Crippen molar-refractivity contribution in [1.29, 1.82) is 0 Å². The van der Waals surface area contributed by atoms with Crippen LogP contribution in [-0.4, -0.2) is 36.6 Å². The summed E-state index contributed by atoms with van der Waals surface area (Å²) >= 11 is 0. The van der Waals surface area contributed by atoms with Crippen molar-refractivity contribution in [3.8, 4) is 0 Å². The van der Waals surface area contributed by atoms with E-state index < -0.39 is 0 Å². The first-order chi connectivity index (χ1) is 7.76. The molecule has 1 N–H and O–H groups in total. The maximum absolute atomic E-state index is 3.72. The summed E-state index contributed by atoms with van der Waals surface area (Å²) in [6, 6.07) is 2.57. The van der Waals surface area contributed by atoms with E-state index in [2.05, 4.69) is 31.1 Å². The van der Waals surface area contributed by atoms with Gasteiger partial charge in [0.15, 0.2) is 0 Å². The van der Waals surface area contributed by atoms with E-state index in [9.17, 15) is 0 Å². The third-order valence-electron chi connectivity index (χ3n) is 4.77. The smallest absolute Gasteiger partial charge is 0.00989 e. The molecule has 2 heteroatoms. The van der Waals surface area contributed by atoms with Gasteiger partial charge in [0.1, 0.15) is 0 Å². The number of rotatable bonds is 5. The molecule has 0 aliphatic carbocycles. The van der Waals surface area contributed by atoms with E-state index in [0.29, 0.717) is 0 Å². The third kappa shape index (κ3) is 2.43. The van der Waals surface area contributed by atoms with Crippen LogP contribution in [0.25, 0.3) is 0 Å². The highest BCUT2D eigenvalue weighted by atomic mass is 15.2. The van der Waals surface area contributed by atoms with Crippen molar-refractivity contribution in [2.24, 2.45) is 5.92 Å². The van der Waals surface area contributed by atoms with Crippen LogP contribution < -0.4 is 5.32 Å². The lowest BCUT2D eigenvalue weighted by molar-refractivity contribution is 0.110. The van der Waals surface area contributed by atoms with Crippen molar-refractivity contribution in [3.05, 3.63) is 0 Å². The van der Waals surface area contributed by atoms with Gasteiger partial charge in [-0.15, -0.1) is 0 Å². The Morgan fingerprint density at radius 2 is 1.81 bits per heavy atom. The van der Waals surface area contributed by atoms with Gasteiger partial charge in [-0.3, -0.25) is 0 Å². The zero-order chi connectivity index (χ0) is 11.5. The second-order valence-electron chi connectivity index (χ2n) is 5.73. The fourth-order valence-corrected chi connectivity index (χ4v) is 3.86. The van der Waals surface area contributed by atoms with Gasteiger partial charge in [-0.25, -0.2) is 0 Å². The van der Waals surface area contributed by atoms with Gasteiger partial charge >= 0.3 is 0 Å². The van der Waals surface area contributed by atoms with Crippen LogP contribution in [-0.2, 0) is 0 Å². The zero-order valence-electron chi connectivity index (χ0n) is 11.2. The van der Waals surface area contributed by atoms with Crippen molar-refractivity contribution >= 4 is 0 Å². The quantitative estimate of drug-likeness (QED) is 0.772. The van der Waals surface area contributed by atoms with Crippen LogP contribution in [0.3, 0.4) is 0 Å². The molecular weight excluding hydrogens is 196 g/mol. The number of fused-ring (bicyclic) bond motifs is 2. The summed E-state index contributed by atoms with van der Waals surface area (Å²) in [5.74, 6) is 0.939. The summed E-state index contributed by atoms with van der Waals surface area (Å²) in [7, 11) is 2.33. The average Bonchev–Trinajstić information content (AvgIpc) is 2.53. The van der Waals surface area contributed by atoms with Crippen LogP contribution in [0.1, 0.15) is 52.4 Å². The first-order valence-corrected chi connectivity index (χ1v) is 7.21. The molecule has 2 bridgehead atoms. The molecule has 3 unspecified atom stereocenters. The molecule has 3 atom stereocenters. The Morgan fingerprint density at radius 1 is 1.19 bits per heavy atom. The van der Waals surface area contributed by atoms with Crippen molar-refractivity contribution < 1.29 is 0 Å². The Labute approximate surface area is 101 Å². The SMILES string of the molecule is CCCC(NCC)C1CC2CCC(C1)N2C. The van der Waals surface area contributed by atoms with Gasteiger partial charge < -0.3 is 10.2 Å². The fourth-order valence-electron chi connectivity index (χ4n) is 3.86. The van der Waals surface area contributed by atoms with Crippen LogP contribution in [0.4, 0.5) is 0 Å². The minimum absolute atomic E-state index is 0.784. The molecule has 0 aromatic heterocycles. The molecule has 94 valence electrons. The average molecular weight is 224 g/mol. The molecule has 2 fully saturated rings. The van der Waals surface area contributed by atoms with Gasteiger partial charge in [-0.05, 0) is 51.6 Å². The molecule has 0 radical (unpaired) electrons. The lowest BCUT2D eigenvalue weighted by Gasteiger charge is -2.40. The number of nitrogens with zero attached hydrogens (tertiary/aromatic N) is 1. The minimum atomic E-state index is 0.784. The maximum Gasteiger partial charge on any atom is 0.00989 e. The minimum Gasteiger partial charge on any atom is -0.314 e. The predicted octanol–water partition coefficient (Wildman–Crippen LogP) is 2.64. The van der Waals surface area contributed by atoms with Gasteiger partial charge in [0.05, 0.1) is 0 Å². The highest BCUT2D eigenvalue weighted by Gasteiger charge is 2.40. The Kier molecular flexibility index (Phi) is 4.26. The van der Waals surface area contributed by atoms with Gasteiger partial charge in [0.2, 0.25) is 0 Å². The normalized spacial score (nSPS) is 36.6. The maximum atomic E-state index is 3.72. The van der Waals surface area contributed by atoms with E-state index in [0.717, 1.165) is 30.6 Å². The lowest BCUT2D eigenvalue weighted by Crippen LogP contribution is -2.47. The fraction of sp³-hybridized carbons (Fsp3) is 1.00. The van der Waals surface area contributed by atoms with Crippen molar-refractivity contribution in [2.75, 3.05) is 13.6 Å². The topological polar surface area (TPSA) is 15.3 Å². The highest BCUT2D eigenvalue weighted by Crippen LogP contribution is 2.39. The predicted molar refractivity (Wildman–Crippen MR) is 69.7 cm³/mol. The van der Waals surface area contributed by atoms with Crippen LogP contribution in [0.2, 0.25) is 0 Å². The molecule has 2 aliphatic rings. The Bertz CT molecular complexity index is 197. The van der Waals surface area contributed by atoms with Gasteiger partial charge in [-0.2, -0.15) is 0 Å². The first kappa shape index (κ1) is 12.4. The summed E-state index contributed by atoms with van der Waals surface area (Å²) in [5, 5.41) is 3.72. The molecule has 0 aromatic carbocycles. The Balaban J connectivity index is 1.94.